The van der Waals surface area contributed by atoms with Crippen LogP contribution in [0.2, 0.25) is 0 Å². The van der Waals surface area contributed by atoms with E-state index in [0.29, 0.717) is 6.42 Å². The Kier molecular flexibility index (Phi) is 3.97. The minimum Gasteiger partial charge on any atom is -0.459 e. The molecule has 1 heterocycles. The van der Waals surface area contributed by atoms with Crippen LogP contribution >= 0.6 is 0 Å². The van der Waals surface area contributed by atoms with Crippen molar-refractivity contribution in [2.24, 2.45) is 5.92 Å². The summed E-state index contributed by atoms with van der Waals surface area (Å²) >= 11 is 0. The molecule has 0 aliphatic carbocycles. The lowest BCUT2D eigenvalue weighted by atomic mass is 10.0. The number of esters is 1. The van der Waals surface area contributed by atoms with Crippen LogP contribution in [0.25, 0.3) is 0 Å². The molecule has 0 aromatic heterocycles. The second-order valence-corrected chi connectivity index (χ2v) is 4.50. The van der Waals surface area contributed by atoms with E-state index in [1.165, 1.54) is 0 Å². The molecule has 2 rings (SSSR count). The van der Waals surface area contributed by atoms with E-state index in [4.69, 9.17) is 4.74 Å². The molecule has 0 unspecified atom stereocenters. The molecule has 1 saturated heterocycles. The normalized spacial score (nSPS) is 22.6. The molecule has 0 spiro atoms. The van der Waals surface area contributed by atoms with E-state index in [2.05, 4.69) is 5.32 Å². The van der Waals surface area contributed by atoms with Gasteiger partial charge >= 0.3 is 5.97 Å². The summed E-state index contributed by atoms with van der Waals surface area (Å²) in [5.41, 5.74) is 0.946. The van der Waals surface area contributed by atoms with E-state index in [1.54, 1.807) is 0 Å². The second-order valence-electron chi connectivity index (χ2n) is 4.50. The molecule has 1 N–H and O–H groups in total. The van der Waals surface area contributed by atoms with Crippen LogP contribution in [0.5, 0.6) is 0 Å². The average molecular weight is 247 g/mol. The van der Waals surface area contributed by atoms with Crippen LogP contribution in [-0.2, 0) is 20.9 Å². The van der Waals surface area contributed by atoms with E-state index in [1.807, 2.05) is 37.3 Å². The molecule has 4 heteroatoms. The number of nitrogens with one attached hydrogen (secondary N) is 1. The Morgan fingerprint density at radius 2 is 2.11 bits per heavy atom. The van der Waals surface area contributed by atoms with Gasteiger partial charge in [0.25, 0.3) is 0 Å². The first-order chi connectivity index (χ1) is 8.70. The number of benzene rings is 1. The Morgan fingerprint density at radius 3 is 2.72 bits per heavy atom. The first kappa shape index (κ1) is 12.6. The molecule has 18 heavy (non-hydrogen) atoms. The average Bonchev–Trinajstić information content (AvgIpc) is 2.78. The van der Waals surface area contributed by atoms with Gasteiger partial charge in [0.1, 0.15) is 12.6 Å². The highest BCUT2D eigenvalue weighted by Gasteiger charge is 2.35. The standard InChI is InChI=1S/C14H17NO3/c1-2-11-8-12(15-13(11)16)14(17)18-9-10-6-4-3-5-7-10/h3-7,11-12H,2,8-9H2,1H3,(H,15,16)/t11-,12+/m1/s1. The monoisotopic (exact) mass is 247 g/mol. The Morgan fingerprint density at radius 1 is 1.39 bits per heavy atom. The van der Waals surface area contributed by atoms with Crippen molar-refractivity contribution in [1.29, 1.82) is 0 Å². The summed E-state index contributed by atoms with van der Waals surface area (Å²) in [5, 5.41) is 2.68. The van der Waals surface area contributed by atoms with Crippen molar-refractivity contribution in [3.63, 3.8) is 0 Å². The second kappa shape index (κ2) is 5.67. The molecule has 0 saturated carbocycles. The maximum absolute atomic E-state index is 11.8. The van der Waals surface area contributed by atoms with E-state index >= 15 is 0 Å². The summed E-state index contributed by atoms with van der Waals surface area (Å²) in [7, 11) is 0. The summed E-state index contributed by atoms with van der Waals surface area (Å²) in [6, 6.07) is 9.02. The zero-order valence-electron chi connectivity index (χ0n) is 10.4. The fraction of sp³-hybridized carbons (Fsp3) is 0.429. The molecule has 0 bridgehead atoms. The van der Waals surface area contributed by atoms with Crippen LogP contribution in [-0.4, -0.2) is 17.9 Å². The van der Waals surface area contributed by atoms with Crippen molar-refractivity contribution in [3.05, 3.63) is 35.9 Å². The first-order valence-corrected chi connectivity index (χ1v) is 6.21. The predicted molar refractivity (Wildman–Crippen MR) is 66.6 cm³/mol. The minimum atomic E-state index is -0.480. The zero-order valence-corrected chi connectivity index (χ0v) is 10.4. The van der Waals surface area contributed by atoms with Crippen molar-refractivity contribution in [2.75, 3.05) is 0 Å². The third-order valence-corrected chi connectivity index (χ3v) is 3.21. The van der Waals surface area contributed by atoms with Crippen LogP contribution in [0.4, 0.5) is 0 Å². The molecule has 1 fully saturated rings. The van der Waals surface area contributed by atoms with E-state index < -0.39 is 6.04 Å². The van der Waals surface area contributed by atoms with Crippen molar-refractivity contribution in [3.8, 4) is 0 Å². The number of carbonyl (C=O) groups excluding carboxylic acids is 2. The maximum atomic E-state index is 11.8. The van der Waals surface area contributed by atoms with Gasteiger partial charge < -0.3 is 10.1 Å². The summed E-state index contributed by atoms with van der Waals surface area (Å²) in [6.07, 6.45) is 1.30. The van der Waals surface area contributed by atoms with Crippen LogP contribution in [0.3, 0.4) is 0 Å². The molecule has 2 atom stereocenters. The van der Waals surface area contributed by atoms with Crippen molar-refractivity contribution >= 4 is 11.9 Å². The molecule has 1 aromatic rings. The molecule has 1 amide bonds. The SMILES string of the molecule is CC[C@@H]1C[C@@H](C(=O)OCc2ccccc2)NC1=O. The fourth-order valence-electron chi connectivity index (χ4n) is 2.08. The van der Waals surface area contributed by atoms with E-state index in [0.717, 1.165) is 12.0 Å². The summed E-state index contributed by atoms with van der Waals surface area (Å²) in [4.78, 5) is 23.3. The van der Waals surface area contributed by atoms with Gasteiger partial charge in [-0.2, -0.15) is 0 Å². The molecule has 1 aliphatic rings. The Hall–Kier alpha value is -1.84. The number of carbonyl (C=O) groups is 2. The number of rotatable bonds is 4. The number of amides is 1. The van der Waals surface area contributed by atoms with Gasteiger partial charge in [0.05, 0.1) is 0 Å². The van der Waals surface area contributed by atoms with Crippen molar-refractivity contribution in [1.82, 2.24) is 5.32 Å². The van der Waals surface area contributed by atoms with Crippen LogP contribution in [0, 0.1) is 5.92 Å². The summed E-state index contributed by atoms with van der Waals surface area (Å²) < 4.78 is 5.20. The lowest BCUT2D eigenvalue weighted by Gasteiger charge is -2.10. The third kappa shape index (κ3) is 2.88. The summed E-state index contributed by atoms with van der Waals surface area (Å²) in [5.74, 6) is -0.443. The maximum Gasteiger partial charge on any atom is 0.328 e. The predicted octanol–water partition coefficient (Wildman–Crippen LogP) is 1.64. The number of hydrogen-bond donors (Lipinski definition) is 1. The van der Waals surface area contributed by atoms with Crippen LogP contribution < -0.4 is 5.32 Å². The smallest absolute Gasteiger partial charge is 0.328 e. The van der Waals surface area contributed by atoms with Gasteiger partial charge in [0, 0.05) is 5.92 Å². The van der Waals surface area contributed by atoms with E-state index in [9.17, 15) is 9.59 Å². The number of hydrogen-bond acceptors (Lipinski definition) is 3. The van der Waals surface area contributed by atoms with Crippen LogP contribution in [0.15, 0.2) is 30.3 Å². The van der Waals surface area contributed by atoms with Gasteiger partial charge in [-0.3, -0.25) is 4.79 Å². The highest BCUT2D eigenvalue weighted by atomic mass is 16.5. The quantitative estimate of drug-likeness (QED) is 0.823. The topological polar surface area (TPSA) is 55.4 Å². The third-order valence-electron chi connectivity index (χ3n) is 3.21. The Labute approximate surface area is 106 Å². The van der Waals surface area contributed by atoms with Gasteiger partial charge in [0.15, 0.2) is 0 Å². The Balaban J connectivity index is 1.84. The Bertz CT molecular complexity index is 430. The van der Waals surface area contributed by atoms with Gasteiger partial charge in [-0.15, -0.1) is 0 Å². The molecule has 1 aromatic carbocycles. The van der Waals surface area contributed by atoms with E-state index in [-0.39, 0.29) is 24.4 Å². The molecular formula is C14H17NO3. The molecule has 4 nitrogen and oxygen atoms in total. The summed E-state index contributed by atoms with van der Waals surface area (Å²) in [6.45, 7) is 2.20. The largest absolute Gasteiger partial charge is 0.459 e. The van der Waals surface area contributed by atoms with Crippen LogP contribution in [0.1, 0.15) is 25.3 Å². The lowest BCUT2D eigenvalue weighted by Crippen LogP contribution is -2.34. The lowest BCUT2D eigenvalue weighted by molar-refractivity contribution is -0.147. The molecule has 0 radical (unpaired) electrons. The van der Waals surface area contributed by atoms with Gasteiger partial charge in [-0.25, -0.2) is 4.79 Å². The van der Waals surface area contributed by atoms with Gasteiger partial charge in [-0.1, -0.05) is 37.3 Å². The van der Waals surface area contributed by atoms with Crippen molar-refractivity contribution in [2.45, 2.75) is 32.4 Å². The highest BCUT2D eigenvalue weighted by molar-refractivity contribution is 5.89. The number of ether oxygens (including phenoxy) is 1. The highest BCUT2D eigenvalue weighted by Crippen LogP contribution is 2.19. The molecule has 1 aliphatic heterocycles. The van der Waals surface area contributed by atoms with Crippen molar-refractivity contribution < 1.29 is 14.3 Å². The molecule has 96 valence electrons. The van der Waals surface area contributed by atoms with Gasteiger partial charge in [0.2, 0.25) is 5.91 Å². The van der Waals surface area contributed by atoms with Gasteiger partial charge in [-0.05, 0) is 18.4 Å². The minimum absolute atomic E-state index is 0.0424. The fourth-order valence-corrected chi connectivity index (χ4v) is 2.08. The first-order valence-electron chi connectivity index (χ1n) is 6.21. The zero-order chi connectivity index (χ0) is 13.0. The molecular weight excluding hydrogens is 230 g/mol.